The molecule has 0 aliphatic rings. The standard InChI is InChI=1S/C16H24O4/c1-10-11(2)15(20-6)13(12(3)14(10)19-5)7-8-16(4,18)9-17/h9,18H,7-8H2,1-6H3/t16-/m0/s1. The van der Waals surface area contributed by atoms with Crippen LogP contribution < -0.4 is 9.47 Å². The van der Waals surface area contributed by atoms with Gasteiger partial charge in [0.05, 0.1) is 14.2 Å². The van der Waals surface area contributed by atoms with Crippen LogP contribution in [0.2, 0.25) is 0 Å². The summed E-state index contributed by atoms with van der Waals surface area (Å²) in [5.74, 6) is 1.64. The van der Waals surface area contributed by atoms with E-state index in [1.165, 1.54) is 6.92 Å². The van der Waals surface area contributed by atoms with E-state index in [9.17, 15) is 9.90 Å². The third kappa shape index (κ3) is 3.12. The minimum absolute atomic E-state index is 0.347. The Bertz CT molecular complexity index is 504. The van der Waals surface area contributed by atoms with E-state index in [0.717, 1.165) is 33.8 Å². The quantitative estimate of drug-likeness (QED) is 0.813. The molecule has 112 valence electrons. The molecule has 0 unspecified atom stereocenters. The van der Waals surface area contributed by atoms with Crippen LogP contribution in [0.4, 0.5) is 0 Å². The van der Waals surface area contributed by atoms with Crippen molar-refractivity contribution in [2.24, 2.45) is 0 Å². The first-order chi connectivity index (χ1) is 9.29. The van der Waals surface area contributed by atoms with Crippen molar-refractivity contribution in [3.05, 3.63) is 22.3 Å². The molecule has 1 N–H and O–H groups in total. The zero-order valence-corrected chi connectivity index (χ0v) is 13.2. The van der Waals surface area contributed by atoms with E-state index in [-0.39, 0.29) is 0 Å². The van der Waals surface area contributed by atoms with Gasteiger partial charge in [0.2, 0.25) is 0 Å². The topological polar surface area (TPSA) is 55.8 Å². The van der Waals surface area contributed by atoms with E-state index in [1.54, 1.807) is 14.2 Å². The van der Waals surface area contributed by atoms with Gasteiger partial charge in [0.25, 0.3) is 0 Å². The van der Waals surface area contributed by atoms with Crippen LogP contribution in [-0.2, 0) is 11.2 Å². The molecule has 0 fully saturated rings. The summed E-state index contributed by atoms with van der Waals surface area (Å²) in [4.78, 5) is 10.8. The molecule has 1 aromatic carbocycles. The Morgan fingerprint density at radius 3 is 2.00 bits per heavy atom. The van der Waals surface area contributed by atoms with Crippen LogP contribution in [0.1, 0.15) is 35.6 Å². The first-order valence-corrected chi connectivity index (χ1v) is 6.68. The highest BCUT2D eigenvalue weighted by Gasteiger charge is 2.23. The predicted octanol–water partition coefficient (Wildman–Crippen LogP) is 2.51. The van der Waals surface area contributed by atoms with E-state index < -0.39 is 5.60 Å². The molecule has 20 heavy (non-hydrogen) atoms. The number of methoxy groups -OCH3 is 2. The van der Waals surface area contributed by atoms with Crippen molar-refractivity contribution in [3.63, 3.8) is 0 Å². The molecule has 0 radical (unpaired) electrons. The van der Waals surface area contributed by atoms with E-state index in [0.29, 0.717) is 19.1 Å². The second kappa shape index (κ2) is 6.27. The molecule has 0 amide bonds. The number of aliphatic hydroxyl groups is 1. The van der Waals surface area contributed by atoms with Gasteiger partial charge in [0.15, 0.2) is 6.29 Å². The van der Waals surface area contributed by atoms with Crippen molar-refractivity contribution >= 4 is 6.29 Å². The van der Waals surface area contributed by atoms with Crippen LogP contribution in [0.5, 0.6) is 11.5 Å². The van der Waals surface area contributed by atoms with Crippen LogP contribution in [0.25, 0.3) is 0 Å². The molecule has 4 nitrogen and oxygen atoms in total. The predicted molar refractivity (Wildman–Crippen MR) is 78.8 cm³/mol. The highest BCUT2D eigenvalue weighted by molar-refractivity contribution is 5.62. The van der Waals surface area contributed by atoms with Gasteiger partial charge in [-0.1, -0.05) is 0 Å². The third-order valence-electron chi connectivity index (χ3n) is 3.85. The van der Waals surface area contributed by atoms with Gasteiger partial charge in [0, 0.05) is 5.56 Å². The summed E-state index contributed by atoms with van der Waals surface area (Å²) in [7, 11) is 3.28. The fourth-order valence-corrected chi connectivity index (χ4v) is 2.48. The summed E-state index contributed by atoms with van der Waals surface area (Å²) in [6, 6.07) is 0. The summed E-state index contributed by atoms with van der Waals surface area (Å²) in [5, 5.41) is 9.85. The lowest BCUT2D eigenvalue weighted by Gasteiger charge is -2.22. The minimum Gasteiger partial charge on any atom is -0.496 e. The molecular weight excluding hydrogens is 256 g/mol. The maximum atomic E-state index is 10.8. The molecule has 0 heterocycles. The summed E-state index contributed by atoms with van der Waals surface area (Å²) < 4.78 is 11.0. The van der Waals surface area contributed by atoms with Gasteiger partial charge in [-0.2, -0.15) is 0 Å². The molecule has 1 rings (SSSR count). The van der Waals surface area contributed by atoms with Gasteiger partial charge >= 0.3 is 0 Å². The Labute approximate surface area is 120 Å². The van der Waals surface area contributed by atoms with Gasteiger partial charge < -0.3 is 19.4 Å². The first-order valence-electron chi connectivity index (χ1n) is 6.68. The highest BCUT2D eigenvalue weighted by Crippen LogP contribution is 2.38. The number of rotatable bonds is 6. The van der Waals surface area contributed by atoms with Crippen LogP contribution in [-0.4, -0.2) is 31.2 Å². The van der Waals surface area contributed by atoms with Gasteiger partial charge in [-0.3, -0.25) is 0 Å². The zero-order valence-electron chi connectivity index (χ0n) is 13.2. The smallest absolute Gasteiger partial charge is 0.151 e. The number of carbonyl (C=O) groups is 1. The van der Waals surface area contributed by atoms with Gasteiger partial charge in [-0.25, -0.2) is 0 Å². The first kappa shape index (κ1) is 16.5. The Hall–Kier alpha value is -1.55. The van der Waals surface area contributed by atoms with Crippen LogP contribution in [0, 0.1) is 20.8 Å². The molecular formula is C16H24O4. The molecule has 0 aromatic heterocycles. The molecule has 0 spiro atoms. The monoisotopic (exact) mass is 280 g/mol. The Morgan fingerprint density at radius 2 is 1.55 bits per heavy atom. The second-order valence-electron chi connectivity index (χ2n) is 5.40. The largest absolute Gasteiger partial charge is 0.496 e. The molecule has 0 aliphatic heterocycles. The van der Waals surface area contributed by atoms with E-state index >= 15 is 0 Å². The lowest BCUT2D eigenvalue weighted by Crippen LogP contribution is -2.26. The molecule has 1 aromatic rings. The molecule has 0 saturated heterocycles. The number of hydrogen-bond acceptors (Lipinski definition) is 4. The minimum atomic E-state index is -1.32. The van der Waals surface area contributed by atoms with Crippen molar-refractivity contribution in [1.82, 2.24) is 0 Å². The van der Waals surface area contributed by atoms with Crippen molar-refractivity contribution in [2.45, 2.75) is 46.1 Å². The fraction of sp³-hybridized carbons (Fsp3) is 0.562. The molecule has 0 bridgehead atoms. The van der Waals surface area contributed by atoms with Gasteiger partial charge in [0.1, 0.15) is 17.1 Å². The third-order valence-corrected chi connectivity index (χ3v) is 3.85. The Morgan fingerprint density at radius 1 is 1.05 bits per heavy atom. The SMILES string of the molecule is COc1c(C)c(C)c(OC)c(CC[C@](C)(O)C=O)c1C. The molecule has 0 saturated carbocycles. The van der Waals surface area contributed by atoms with E-state index in [1.807, 2.05) is 20.8 Å². The number of carbonyl (C=O) groups excluding carboxylic acids is 1. The average Bonchev–Trinajstić information content (AvgIpc) is 2.42. The molecule has 0 aliphatic carbocycles. The molecule has 1 atom stereocenters. The number of ether oxygens (including phenoxy) is 2. The number of benzene rings is 1. The van der Waals surface area contributed by atoms with Crippen molar-refractivity contribution in [1.29, 1.82) is 0 Å². The molecule has 4 heteroatoms. The Balaban J connectivity index is 3.30. The zero-order chi connectivity index (χ0) is 15.5. The van der Waals surface area contributed by atoms with Crippen molar-refractivity contribution < 1.29 is 19.4 Å². The lowest BCUT2D eigenvalue weighted by atomic mass is 9.91. The maximum Gasteiger partial charge on any atom is 0.151 e. The summed E-state index contributed by atoms with van der Waals surface area (Å²) in [5.41, 5.74) is 2.73. The average molecular weight is 280 g/mol. The lowest BCUT2D eigenvalue weighted by molar-refractivity contribution is -0.122. The normalized spacial score (nSPS) is 13.8. The summed E-state index contributed by atoms with van der Waals surface area (Å²) >= 11 is 0. The number of aldehydes is 1. The summed E-state index contributed by atoms with van der Waals surface area (Å²) in [6.07, 6.45) is 1.48. The van der Waals surface area contributed by atoms with Crippen LogP contribution >= 0.6 is 0 Å². The van der Waals surface area contributed by atoms with Gasteiger partial charge in [-0.05, 0) is 57.2 Å². The summed E-state index contributed by atoms with van der Waals surface area (Å²) in [6.45, 7) is 7.46. The maximum absolute atomic E-state index is 10.8. The van der Waals surface area contributed by atoms with Gasteiger partial charge in [-0.15, -0.1) is 0 Å². The fourth-order valence-electron chi connectivity index (χ4n) is 2.48. The highest BCUT2D eigenvalue weighted by atomic mass is 16.5. The van der Waals surface area contributed by atoms with E-state index in [2.05, 4.69) is 0 Å². The van der Waals surface area contributed by atoms with Crippen molar-refractivity contribution in [2.75, 3.05) is 14.2 Å². The van der Waals surface area contributed by atoms with Crippen LogP contribution in [0.15, 0.2) is 0 Å². The number of hydrogen-bond donors (Lipinski definition) is 1. The second-order valence-corrected chi connectivity index (χ2v) is 5.40. The van der Waals surface area contributed by atoms with Crippen molar-refractivity contribution in [3.8, 4) is 11.5 Å². The van der Waals surface area contributed by atoms with E-state index in [4.69, 9.17) is 9.47 Å². The van der Waals surface area contributed by atoms with Crippen LogP contribution in [0.3, 0.4) is 0 Å². The Kier molecular flexibility index (Phi) is 5.17.